The third-order valence-corrected chi connectivity index (χ3v) is 2.90. The van der Waals surface area contributed by atoms with Crippen LogP contribution >= 0.6 is 0 Å². The molecule has 120 valence electrons. The Morgan fingerprint density at radius 1 is 1.38 bits per heavy atom. The summed E-state index contributed by atoms with van der Waals surface area (Å²) in [5.74, 6) is -0.423. The second-order valence-corrected chi connectivity index (χ2v) is 5.88. The molecule has 1 rings (SSSR count). The molecule has 6 nitrogen and oxygen atoms in total. The van der Waals surface area contributed by atoms with Crippen molar-refractivity contribution in [2.45, 2.75) is 51.9 Å². The van der Waals surface area contributed by atoms with E-state index in [0.717, 1.165) is 0 Å². The highest BCUT2D eigenvalue weighted by Crippen LogP contribution is 2.24. The van der Waals surface area contributed by atoms with Gasteiger partial charge in [0.1, 0.15) is 11.6 Å². The fourth-order valence-electron chi connectivity index (χ4n) is 2.11. The van der Waals surface area contributed by atoms with Gasteiger partial charge in [-0.05, 0) is 27.7 Å². The van der Waals surface area contributed by atoms with E-state index in [1.54, 1.807) is 33.8 Å². The Hall–Kier alpha value is -1.56. The number of amides is 1. The van der Waals surface area contributed by atoms with E-state index in [1.807, 2.05) is 0 Å². The third kappa shape index (κ3) is 5.38. The first-order valence-corrected chi connectivity index (χ1v) is 7.17. The molecule has 1 saturated heterocycles. The van der Waals surface area contributed by atoms with Crippen molar-refractivity contribution in [1.82, 2.24) is 4.90 Å². The van der Waals surface area contributed by atoms with Crippen molar-refractivity contribution in [3.63, 3.8) is 0 Å². The smallest absolute Gasteiger partial charge is 0.411 e. The maximum absolute atomic E-state index is 12.2. The second-order valence-electron chi connectivity index (χ2n) is 5.88. The number of carbonyl (C=O) groups excluding carboxylic acids is 2. The molecule has 1 aliphatic heterocycles. The molecular weight excluding hydrogens is 274 g/mol. The molecule has 0 spiro atoms. The summed E-state index contributed by atoms with van der Waals surface area (Å²) in [6.45, 7) is 11.6. The van der Waals surface area contributed by atoms with Crippen molar-refractivity contribution in [2.24, 2.45) is 0 Å². The Morgan fingerprint density at radius 3 is 2.57 bits per heavy atom. The van der Waals surface area contributed by atoms with Gasteiger partial charge < -0.3 is 14.2 Å². The Kier molecular flexibility index (Phi) is 6.20. The van der Waals surface area contributed by atoms with Crippen LogP contribution in [0.1, 0.15) is 34.1 Å². The van der Waals surface area contributed by atoms with Gasteiger partial charge in [-0.25, -0.2) is 9.59 Å². The second kappa shape index (κ2) is 7.45. The predicted octanol–water partition coefficient (Wildman–Crippen LogP) is 2.13. The van der Waals surface area contributed by atoms with Crippen molar-refractivity contribution < 1.29 is 23.8 Å². The third-order valence-electron chi connectivity index (χ3n) is 2.90. The van der Waals surface area contributed by atoms with E-state index in [1.165, 1.54) is 4.90 Å². The van der Waals surface area contributed by atoms with E-state index >= 15 is 0 Å². The monoisotopic (exact) mass is 299 g/mol. The van der Waals surface area contributed by atoms with Gasteiger partial charge in [0.2, 0.25) is 0 Å². The Bertz CT molecular complexity index is 388. The highest BCUT2D eigenvalue weighted by atomic mass is 16.6. The molecule has 1 unspecified atom stereocenters. The molecule has 1 aliphatic rings. The zero-order valence-corrected chi connectivity index (χ0v) is 13.3. The number of hydrogen-bond donors (Lipinski definition) is 0. The van der Waals surface area contributed by atoms with Gasteiger partial charge in [0.15, 0.2) is 0 Å². The topological polar surface area (TPSA) is 65.1 Å². The van der Waals surface area contributed by atoms with Crippen LogP contribution in [0, 0.1) is 0 Å². The van der Waals surface area contributed by atoms with Crippen LogP contribution in [0.4, 0.5) is 4.79 Å². The molecule has 0 aromatic heterocycles. The van der Waals surface area contributed by atoms with Crippen molar-refractivity contribution in [3.8, 4) is 0 Å². The summed E-state index contributed by atoms with van der Waals surface area (Å²) in [5, 5.41) is 0. The van der Waals surface area contributed by atoms with Crippen LogP contribution in [-0.2, 0) is 19.0 Å². The number of hydrogen-bond acceptors (Lipinski definition) is 5. The molecule has 6 heteroatoms. The largest absolute Gasteiger partial charge is 0.464 e. The molecule has 0 saturated carbocycles. The molecule has 0 bridgehead atoms. The van der Waals surface area contributed by atoms with Gasteiger partial charge in [0.05, 0.1) is 25.9 Å². The van der Waals surface area contributed by atoms with E-state index in [4.69, 9.17) is 14.2 Å². The van der Waals surface area contributed by atoms with Crippen LogP contribution < -0.4 is 0 Å². The van der Waals surface area contributed by atoms with Gasteiger partial charge in [-0.3, -0.25) is 4.90 Å². The summed E-state index contributed by atoms with van der Waals surface area (Å²) in [4.78, 5) is 25.6. The average Bonchev–Trinajstić information content (AvgIpc) is 2.79. The zero-order chi connectivity index (χ0) is 16.0. The van der Waals surface area contributed by atoms with E-state index in [0.29, 0.717) is 19.6 Å². The molecule has 1 heterocycles. The molecule has 0 aromatic carbocycles. The first-order chi connectivity index (χ1) is 9.78. The van der Waals surface area contributed by atoms with Crippen molar-refractivity contribution in [1.29, 1.82) is 0 Å². The first-order valence-electron chi connectivity index (χ1n) is 7.17. The zero-order valence-electron chi connectivity index (χ0n) is 13.3. The fraction of sp³-hybridized carbons (Fsp3) is 0.733. The molecule has 1 amide bonds. The first kappa shape index (κ1) is 17.5. The van der Waals surface area contributed by atoms with Crippen LogP contribution in [0.25, 0.3) is 0 Å². The summed E-state index contributed by atoms with van der Waals surface area (Å²) in [6, 6.07) is -0.658. The summed E-state index contributed by atoms with van der Waals surface area (Å²) < 4.78 is 15.9. The fourth-order valence-corrected chi connectivity index (χ4v) is 2.11. The molecule has 0 N–H and O–H groups in total. The number of ether oxygens (including phenoxy) is 3. The number of esters is 1. The van der Waals surface area contributed by atoms with Gasteiger partial charge in [0, 0.05) is 6.42 Å². The lowest BCUT2D eigenvalue weighted by molar-refractivity contribution is -0.148. The SMILES string of the molecule is C=CCOC1C[C@@H](C(=O)OCC)N(C(=O)OC(C)(C)C)C1. The number of nitrogens with zero attached hydrogens (tertiary/aromatic N) is 1. The van der Waals surface area contributed by atoms with Gasteiger partial charge in [-0.2, -0.15) is 0 Å². The molecule has 0 radical (unpaired) electrons. The van der Waals surface area contributed by atoms with E-state index < -0.39 is 23.7 Å². The van der Waals surface area contributed by atoms with Crippen molar-refractivity contribution in [2.75, 3.05) is 19.8 Å². The molecule has 0 aliphatic carbocycles. The van der Waals surface area contributed by atoms with E-state index in [2.05, 4.69) is 6.58 Å². The number of carbonyl (C=O) groups is 2. The molecule has 2 atom stereocenters. The van der Waals surface area contributed by atoms with Crippen molar-refractivity contribution >= 4 is 12.1 Å². The van der Waals surface area contributed by atoms with Gasteiger partial charge in [0.25, 0.3) is 0 Å². The Labute approximate surface area is 126 Å². The highest BCUT2D eigenvalue weighted by Gasteiger charge is 2.42. The molecule has 21 heavy (non-hydrogen) atoms. The summed E-state index contributed by atoms with van der Waals surface area (Å²) in [6.07, 6.45) is 1.30. The lowest BCUT2D eigenvalue weighted by Crippen LogP contribution is -2.44. The van der Waals surface area contributed by atoms with Crippen LogP contribution in [0.5, 0.6) is 0 Å². The van der Waals surface area contributed by atoms with E-state index in [9.17, 15) is 9.59 Å². The quantitative estimate of drug-likeness (QED) is 0.575. The van der Waals surface area contributed by atoms with Crippen LogP contribution in [0.2, 0.25) is 0 Å². The van der Waals surface area contributed by atoms with Gasteiger partial charge >= 0.3 is 12.1 Å². The van der Waals surface area contributed by atoms with Crippen molar-refractivity contribution in [3.05, 3.63) is 12.7 Å². The minimum absolute atomic E-state index is 0.218. The standard InChI is InChI=1S/C15H25NO5/c1-6-8-20-11-9-12(13(17)19-7-2)16(10-11)14(18)21-15(3,4)5/h6,11-12H,1,7-10H2,2-5H3/t11?,12-/m0/s1. The average molecular weight is 299 g/mol. The van der Waals surface area contributed by atoms with Crippen LogP contribution in [-0.4, -0.2) is 54.5 Å². The van der Waals surface area contributed by atoms with Gasteiger partial charge in [-0.15, -0.1) is 6.58 Å². The molecular formula is C15H25NO5. The summed E-state index contributed by atoms with van der Waals surface area (Å²) >= 11 is 0. The molecule has 1 fully saturated rings. The predicted molar refractivity (Wildman–Crippen MR) is 77.9 cm³/mol. The Balaban J connectivity index is 2.77. The summed E-state index contributed by atoms with van der Waals surface area (Å²) in [7, 11) is 0. The lowest BCUT2D eigenvalue weighted by atomic mass is 10.2. The normalized spacial score (nSPS) is 22.0. The van der Waals surface area contributed by atoms with E-state index in [-0.39, 0.29) is 12.7 Å². The highest BCUT2D eigenvalue weighted by molar-refractivity contribution is 5.82. The maximum Gasteiger partial charge on any atom is 0.411 e. The maximum atomic E-state index is 12.2. The summed E-state index contributed by atoms with van der Waals surface area (Å²) in [5.41, 5.74) is -0.615. The van der Waals surface area contributed by atoms with Gasteiger partial charge in [-0.1, -0.05) is 6.08 Å². The van der Waals surface area contributed by atoms with Crippen LogP contribution in [0.15, 0.2) is 12.7 Å². The number of likely N-dealkylation sites (tertiary alicyclic amines) is 1. The minimum Gasteiger partial charge on any atom is -0.464 e. The number of rotatable bonds is 5. The Morgan fingerprint density at radius 2 is 2.05 bits per heavy atom. The molecule has 0 aromatic rings. The lowest BCUT2D eigenvalue weighted by Gasteiger charge is -2.27. The minimum atomic E-state index is -0.658. The van der Waals surface area contributed by atoms with Crippen LogP contribution in [0.3, 0.4) is 0 Å².